The number of nitrogens with zero attached hydrogens (tertiary/aromatic N) is 2. The number of hydrogen-bond acceptors (Lipinski definition) is 3. The number of hydrogen-bond donors (Lipinski definition) is 1. The van der Waals surface area contributed by atoms with Gasteiger partial charge in [0.25, 0.3) is 5.91 Å². The fourth-order valence-corrected chi connectivity index (χ4v) is 2.36. The van der Waals surface area contributed by atoms with Gasteiger partial charge in [0.05, 0.1) is 5.56 Å². The molecule has 1 atom stereocenters. The molecule has 1 aliphatic rings. The summed E-state index contributed by atoms with van der Waals surface area (Å²) in [6.07, 6.45) is 3.69. The lowest BCUT2D eigenvalue weighted by molar-refractivity contribution is 0.0678. The van der Waals surface area contributed by atoms with E-state index in [1.807, 2.05) is 4.90 Å². The van der Waals surface area contributed by atoms with Gasteiger partial charge in [-0.2, -0.15) is 0 Å². The molecule has 0 aromatic carbocycles. The summed E-state index contributed by atoms with van der Waals surface area (Å²) in [5.41, 5.74) is 6.14. The number of rotatable bonds is 2. The lowest BCUT2D eigenvalue weighted by Gasteiger charge is -2.32. The second-order valence-corrected chi connectivity index (χ2v) is 4.69. The van der Waals surface area contributed by atoms with Crippen molar-refractivity contribution in [2.75, 3.05) is 19.6 Å². The molecule has 2 N–H and O–H groups in total. The van der Waals surface area contributed by atoms with Crippen molar-refractivity contribution in [3.8, 4) is 0 Å². The van der Waals surface area contributed by atoms with Crippen LogP contribution in [0.25, 0.3) is 0 Å². The quantitative estimate of drug-likeness (QED) is 0.814. The molecule has 0 unspecified atom stereocenters. The predicted octanol–water partition coefficient (Wildman–Crippen LogP) is 1.55. The summed E-state index contributed by atoms with van der Waals surface area (Å²) < 4.78 is 0. The van der Waals surface area contributed by atoms with Crippen molar-refractivity contribution in [2.24, 2.45) is 11.7 Å². The number of amides is 1. The van der Waals surface area contributed by atoms with Gasteiger partial charge in [-0.15, -0.1) is 0 Å². The largest absolute Gasteiger partial charge is 0.338 e. The van der Waals surface area contributed by atoms with E-state index < -0.39 is 0 Å². The first-order valence-corrected chi connectivity index (χ1v) is 6.20. The van der Waals surface area contributed by atoms with Gasteiger partial charge in [0.15, 0.2) is 0 Å². The van der Waals surface area contributed by atoms with E-state index in [4.69, 9.17) is 17.3 Å². The summed E-state index contributed by atoms with van der Waals surface area (Å²) in [5, 5.41) is 0.271. The Morgan fingerprint density at radius 2 is 2.47 bits per heavy atom. The Balaban J connectivity index is 2.12. The van der Waals surface area contributed by atoms with Crippen molar-refractivity contribution < 1.29 is 4.79 Å². The summed E-state index contributed by atoms with van der Waals surface area (Å²) in [6, 6.07) is 3.44. The van der Waals surface area contributed by atoms with E-state index in [1.165, 1.54) is 0 Å². The van der Waals surface area contributed by atoms with Crippen LogP contribution in [0.2, 0.25) is 5.15 Å². The fraction of sp³-hybridized carbons (Fsp3) is 0.500. The van der Waals surface area contributed by atoms with Crippen LogP contribution < -0.4 is 5.73 Å². The first kappa shape index (κ1) is 12.3. The molecule has 1 amide bonds. The third-order valence-electron chi connectivity index (χ3n) is 3.13. The number of piperidine rings is 1. The van der Waals surface area contributed by atoms with E-state index in [0.29, 0.717) is 18.0 Å². The van der Waals surface area contributed by atoms with Crippen LogP contribution >= 0.6 is 11.6 Å². The van der Waals surface area contributed by atoms with Crippen molar-refractivity contribution in [1.82, 2.24) is 9.88 Å². The number of aromatic nitrogens is 1. The lowest BCUT2D eigenvalue weighted by Crippen LogP contribution is -2.42. The minimum Gasteiger partial charge on any atom is -0.338 e. The number of halogens is 1. The molecule has 0 saturated carbocycles. The van der Waals surface area contributed by atoms with Crippen LogP contribution in [-0.2, 0) is 0 Å². The number of carbonyl (C=O) groups excluding carboxylic acids is 1. The van der Waals surface area contributed by atoms with Crippen LogP contribution in [0, 0.1) is 5.92 Å². The van der Waals surface area contributed by atoms with Gasteiger partial charge < -0.3 is 10.6 Å². The molecular formula is C12H16ClN3O. The van der Waals surface area contributed by atoms with Crippen LogP contribution in [0.1, 0.15) is 23.2 Å². The highest BCUT2D eigenvalue weighted by molar-refractivity contribution is 6.32. The van der Waals surface area contributed by atoms with E-state index in [1.54, 1.807) is 18.3 Å². The summed E-state index contributed by atoms with van der Waals surface area (Å²) >= 11 is 5.93. The summed E-state index contributed by atoms with van der Waals surface area (Å²) in [7, 11) is 0. The molecule has 17 heavy (non-hydrogen) atoms. The topological polar surface area (TPSA) is 59.2 Å². The average molecular weight is 254 g/mol. The van der Waals surface area contributed by atoms with E-state index >= 15 is 0 Å². The zero-order chi connectivity index (χ0) is 12.3. The smallest absolute Gasteiger partial charge is 0.256 e. The van der Waals surface area contributed by atoms with Gasteiger partial charge in [0.1, 0.15) is 5.15 Å². The van der Waals surface area contributed by atoms with Crippen LogP contribution in [0.3, 0.4) is 0 Å². The number of carbonyl (C=O) groups is 1. The molecule has 0 bridgehead atoms. The Morgan fingerprint density at radius 1 is 1.65 bits per heavy atom. The van der Waals surface area contributed by atoms with Gasteiger partial charge >= 0.3 is 0 Å². The number of nitrogens with two attached hydrogens (primary N) is 1. The summed E-state index contributed by atoms with van der Waals surface area (Å²) in [6.45, 7) is 2.13. The minimum atomic E-state index is -0.0405. The average Bonchev–Trinajstić information content (AvgIpc) is 2.38. The first-order chi connectivity index (χ1) is 8.22. The monoisotopic (exact) mass is 253 g/mol. The highest BCUT2D eigenvalue weighted by Crippen LogP contribution is 2.20. The molecular weight excluding hydrogens is 238 g/mol. The molecule has 5 heteroatoms. The van der Waals surface area contributed by atoms with E-state index in [0.717, 1.165) is 25.9 Å². The number of pyridine rings is 1. The normalized spacial score (nSPS) is 20.4. The third kappa shape index (κ3) is 2.76. The highest BCUT2D eigenvalue weighted by atomic mass is 35.5. The Hall–Kier alpha value is -1.13. The maximum Gasteiger partial charge on any atom is 0.256 e. The van der Waals surface area contributed by atoms with Crippen LogP contribution in [0.15, 0.2) is 18.3 Å². The lowest BCUT2D eigenvalue weighted by atomic mass is 9.98. The molecule has 1 saturated heterocycles. The molecule has 4 nitrogen and oxygen atoms in total. The zero-order valence-electron chi connectivity index (χ0n) is 9.60. The molecule has 1 aromatic rings. The minimum absolute atomic E-state index is 0.0405. The van der Waals surface area contributed by atoms with Gasteiger partial charge in [0.2, 0.25) is 0 Å². The Kier molecular flexibility index (Phi) is 3.97. The van der Waals surface area contributed by atoms with Crippen molar-refractivity contribution in [1.29, 1.82) is 0 Å². The van der Waals surface area contributed by atoms with Crippen LogP contribution in [0.4, 0.5) is 0 Å². The van der Waals surface area contributed by atoms with Crippen molar-refractivity contribution in [3.63, 3.8) is 0 Å². The second kappa shape index (κ2) is 5.47. The summed E-state index contributed by atoms with van der Waals surface area (Å²) in [5.74, 6) is 0.365. The molecule has 1 fully saturated rings. The Labute approximate surface area is 106 Å². The van der Waals surface area contributed by atoms with Crippen LogP contribution in [-0.4, -0.2) is 35.4 Å². The van der Waals surface area contributed by atoms with E-state index in [2.05, 4.69) is 4.98 Å². The predicted molar refractivity (Wildman–Crippen MR) is 66.9 cm³/mol. The maximum atomic E-state index is 12.2. The Bertz CT molecular complexity index is 410. The highest BCUT2D eigenvalue weighted by Gasteiger charge is 2.24. The van der Waals surface area contributed by atoms with E-state index in [-0.39, 0.29) is 11.1 Å². The van der Waals surface area contributed by atoms with E-state index in [9.17, 15) is 4.79 Å². The molecule has 1 aromatic heterocycles. The zero-order valence-corrected chi connectivity index (χ0v) is 10.4. The van der Waals surface area contributed by atoms with Gasteiger partial charge in [-0.25, -0.2) is 4.98 Å². The number of likely N-dealkylation sites (tertiary alicyclic amines) is 1. The molecule has 2 heterocycles. The van der Waals surface area contributed by atoms with Gasteiger partial charge in [-0.3, -0.25) is 4.79 Å². The molecule has 0 spiro atoms. The maximum absolute atomic E-state index is 12.2. The molecule has 0 radical (unpaired) electrons. The second-order valence-electron chi connectivity index (χ2n) is 4.34. The Morgan fingerprint density at radius 3 is 3.18 bits per heavy atom. The van der Waals surface area contributed by atoms with Crippen molar-refractivity contribution >= 4 is 17.5 Å². The van der Waals surface area contributed by atoms with Crippen LogP contribution in [0.5, 0.6) is 0 Å². The molecule has 1 aliphatic heterocycles. The summed E-state index contributed by atoms with van der Waals surface area (Å²) in [4.78, 5) is 18.0. The third-order valence-corrected chi connectivity index (χ3v) is 3.43. The fourth-order valence-electron chi connectivity index (χ4n) is 2.16. The van der Waals surface area contributed by atoms with Gasteiger partial charge in [-0.05, 0) is 37.4 Å². The molecule has 92 valence electrons. The van der Waals surface area contributed by atoms with Crippen molar-refractivity contribution in [3.05, 3.63) is 29.0 Å². The van der Waals surface area contributed by atoms with Crippen molar-refractivity contribution in [2.45, 2.75) is 12.8 Å². The molecule has 0 aliphatic carbocycles. The SMILES string of the molecule is NC[C@H]1CCCN(C(=O)c2cccnc2Cl)C1. The molecule has 2 rings (SSSR count). The van der Waals surface area contributed by atoms with Gasteiger partial charge in [0, 0.05) is 19.3 Å². The van der Waals surface area contributed by atoms with Gasteiger partial charge in [-0.1, -0.05) is 11.6 Å². The standard InChI is InChI=1S/C12H16ClN3O/c13-11-10(4-1-5-15-11)12(17)16-6-2-3-9(7-14)8-16/h1,4-5,9H,2-3,6-8,14H2/t9-/m1/s1. The first-order valence-electron chi connectivity index (χ1n) is 5.82.